The van der Waals surface area contributed by atoms with Crippen molar-refractivity contribution in [1.29, 1.82) is 5.26 Å². The van der Waals surface area contributed by atoms with Gasteiger partial charge in [0.25, 0.3) is 5.91 Å². The van der Waals surface area contributed by atoms with Crippen LogP contribution in [0.2, 0.25) is 5.02 Å². The summed E-state index contributed by atoms with van der Waals surface area (Å²) >= 11 is 5.84. The minimum Gasteiger partial charge on any atom is -0.386 e. The number of benzene rings is 2. The second-order valence-electron chi connectivity index (χ2n) is 5.20. The fourth-order valence-electron chi connectivity index (χ4n) is 1.98. The number of anilines is 1. The summed E-state index contributed by atoms with van der Waals surface area (Å²) in [5, 5.41) is 20.0. The summed E-state index contributed by atoms with van der Waals surface area (Å²) in [7, 11) is -3.74. The van der Waals surface area contributed by atoms with Gasteiger partial charge in [0, 0.05) is 23.5 Å². The largest absolute Gasteiger partial charge is 0.386 e. The van der Waals surface area contributed by atoms with Crippen molar-refractivity contribution in [2.24, 2.45) is 5.14 Å². The first-order valence-corrected chi connectivity index (χ1v) is 9.24. The van der Waals surface area contributed by atoms with Crippen LogP contribution in [0.15, 0.2) is 65.2 Å². The molecule has 0 atom stereocenters. The fourth-order valence-corrected chi connectivity index (χ4v) is 2.69. The molecule has 7 nitrogen and oxygen atoms in total. The Balaban J connectivity index is 1.99. The monoisotopic (exact) mass is 390 g/mol. The topological polar surface area (TPSA) is 125 Å². The summed E-state index contributed by atoms with van der Waals surface area (Å²) in [6.45, 7) is 0.292. The van der Waals surface area contributed by atoms with Crippen molar-refractivity contribution in [2.75, 3.05) is 5.32 Å². The van der Waals surface area contributed by atoms with Gasteiger partial charge in [-0.3, -0.25) is 4.79 Å². The summed E-state index contributed by atoms with van der Waals surface area (Å²) in [4.78, 5) is 12.1. The number of nitriles is 1. The van der Waals surface area contributed by atoms with E-state index in [-0.39, 0.29) is 10.5 Å². The minimum atomic E-state index is -3.74. The summed E-state index contributed by atoms with van der Waals surface area (Å²) < 4.78 is 22.4. The molecule has 0 bridgehead atoms. The second-order valence-corrected chi connectivity index (χ2v) is 7.20. The number of hydrogen-bond donors (Lipinski definition) is 3. The quantitative estimate of drug-likeness (QED) is 0.514. The van der Waals surface area contributed by atoms with Crippen LogP contribution in [0.4, 0.5) is 5.69 Å². The van der Waals surface area contributed by atoms with Crippen LogP contribution >= 0.6 is 11.6 Å². The van der Waals surface area contributed by atoms with Crippen molar-refractivity contribution in [3.8, 4) is 6.07 Å². The molecule has 26 heavy (non-hydrogen) atoms. The molecule has 0 fully saturated rings. The number of nitrogens with one attached hydrogen (secondary N) is 2. The van der Waals surface area contributed by atoms with Gasteiger partial charge < -0.3 is 10.6 Å². The molecule has 0 aliphatic heterocycles. The Labute approximate surface area is 156 Å². The highest BCUT2D eigenvalue weighted by Crippen LogP contribution is 2.15. The zero-order chi connectivity index (χ0) is 19.2. The zero-order valence-electron chi connectivity index (χ0n) is 13.4. The van der Waals surface area contributed by atoms with Crippen LogP contribution in [-0.4, -0.2) is 14.3 Å². The molecule has 2 aromatic rings. The van der Waals surface area contributed by atoms with Crippen LogP contribution in [0.5, 0.6) is 0 Å². The van der Waals surface area contributed by atoms with Gasteiger partial charge in [0.1, 0.15) is 11.6 Å². The highest BCUT2D eigenvalue weighted by atomic mass is 35.5. The molecule has 2 aromatic carbocycles. The number of primary sulfonamides is 1. The average molecular weight is 391 g/mol. The summed E-state index contributed by atoms with van der Waals surface area (Å²) in [6, 6.07) is 14.3. The molecule has 0 spiro atoms. The maximum atomic E-state index is 12.1. The normalized spacial score (nSPS) is 11.5. The molecule has 2 rings (SSSR count). The SMILES string of the molecule is N#C/C(=C/NCc1ccc(S(N)(=O)=O)cc1)C(=O)Nc1cccc(Cl)c1. The zero-order valence-corrected chi connectivity index (χ0v) is 15.0. The first-order chi connectivity index (χ1) is 12.3. The fraction of sp³-hybridized carbons (Fsp3) is 0.0588. The molecule has 134 valence electrons. The number of rotatable bonds is 6. The molecular formula is C17H15ClN4O3S. The Morgan fingerprint density at radius 2 is 1.92 bits per heavy atom. The molecule has 0 aliphatic carbocycles. The van der Waals surface area contributed by atoms with Crippen LogP contribution in [0.3, 0.4) is 0 Å². The van der Waals surface area contributed by atoms with Gasteiger partial charge in [-0.25, -0.2) is 13.6 Å². The van der Waals surface area contributed by atoms with E-state index in [4.69, 9.17) is 22.0 Å². The number of nitrogens with zero attached hydrogens (tertiary/aromatic N) is 1. The van der Waals surface area contributed by atoms with E-state index in [9.17, 15) is 13.2 Å². The van der Waals surface area contributed by atoms with Crippen molar-refractivity contribution >= 4 is 33.2 Å². The second kappa shape index (κ2) is 8.49. The lowest BCUT2D eigenvalue weighted by atomic mass is 10.2. The highest BCUT2D eigenvalue weighted by molar-refractivity contribution is 7.89. The molecule has 0 aromatic heterocycles. The van der Waals surface area contributed by atoms with Gasteiger partial charge in [0.05, 0.1) is 4.90 Å². The Hall–Kier alpha value is -2.86. The number of amides is 1. The predicted octanol–water partition coefficient (Wildman–Crippen LogP) is 2.12. The molecule has 4 N–H and O–H groups in total. The lowest BCUT2D eigenvalue weighted by Gasteiger charge is -2.06. The number of sulfonamides is 1. The van der Waals surface area contributed by atoms with E-state index in [1.165, 1.54) is 18.3 Å². The van der Waals surface area contributed by atoms with Crippen molar-refractivity contribution in [3.63, 3.8) is 0 Å². The van der Waals surface area contributed by atoms with E-state index in [1.807, 2.05) is 6.07 Å². The van der Waals surface area contributed by atoms with E-state index < -0.39 is 15.9 Å². The van der Waals surface area contributed by atoms with Crippen molar-refractivity contribution < 1.29 is 13.2 Å². The number of hydrogen-bond acceptors (Lipinski definition) is 5. The van der Waals surface area contributed by atoms with Crippen LogP contribution in [0.25, 0.3) is 0 Å². The first-order valence-electron chi connectivity index (χ1n) is 7.32. The van der Waals surface area contributed by atoms with E-state index in [0.717, 1.165) is 5.56 Å². The average Bonchev–Trinajstić information content (AvgIpc) is 2.58. The molecule has 0 saturated carbocycles. The molecule has 0 radical (unpaired) electrons. The highest BCUT2D eigenvalue weighted by Gasteiger charge is 2.10. The Kier molecular flexibility index (Phi) is 6.36. The Morgan fingerprint density at radius 1 is 1.23 bits per heavy atom. The van der Waals surface area contributed by atoms with Gasteiger partial charge in [-0.05, 0) is 35.9 Å². The molecule has 1 amide bonds. The van der Waals surface area contributed by atoms with Crippen molar-refractivity contribution in [2.45, 2.75) is 11.4 Å². The molecule has 0 saturated heterocycles. The summed E-state index contributed by atoms with van der Waals surface area (Å²) in [5.41, 5.74) is 1.11. The number of nitrogens with two attached hydrogens (primary N) is 1. The van der Waals surface area contributed by atoms with Crippen molar-refractivity contribution in [1.82, 2.24) is 5.32 Å². The first kappa shape index (κ1) is 19.5. The smallest absolute Gasteiger partial charge is 0.267 e. The third-order valence-corrected chi connectivity index (χ3v) is 4.42. The lowest BCUT2D eigenvalue weighted by Crippen LogP contribution is -2.16. The van der Waals surface area contributed by atoms with E-state index in [0.29, 0.717) is 17.3 Å². The van der Waals surface area contributed by atoms with E-state index in [1.54, 1.807) is 36.4 Å². The standard InChI is InChI=1S/C17H15ClN4O3S/c18-14-2-1-3-15(8-14)22-17(23)13(9-19)11-21-10-12-4-6-16(7-5-12)26(20,24)25/h1-8,11,21H,10H2,(H,22,23)(H2,20,24,25)/b13-11-. The molecule has 0 unspecified atom stereocenters. The number of carbonyl (C=O) groups is 1. The number of carbonyl (C=O) groups excluding carboxylic acids is 1. The summed E-state index contributed by atoms with van der Waals surface area (Å²) in [6.07, 6.45) is 1.29. The number of halogens is 1. The molecule has 0 heterocycles. The van der Waals surface area contributed by atoms with Crippen LogP contribution in [0.1, 0.15) is 5.56 Å². The van der Waals surface area contributed by atoms with Crippen molar-refractivity contribution in [3.05, 3.63) is 70.9 Å². The van der Waals surface area contributed by atoms with Gasteiger partial charge in [0.15, 0.2) is 0 Å². The van der Waals surface area contributed by atoms with Gasteiger partial charge >= 0.3 is 0 Å². The minimum absolute atomic E-state index is 0.00963. The molecule has 0 aliphatic rings. The molecular weight excluding hydrogens is 376 g/mol. The van der Waals surface area contributed by atoms with Gasteiger partial charge in [-0.2, -0.15) is 5.26 Å². The Bertz CT molecular complexity index is 980. The maximum Gasteiger partial charge on any atom is 0.267 e. The maximum absolute atomic E-state index is 12.1. The van der Waals surface area contributed by atoms with Crippen LogP contribution in [0, 0.1) is 11.3 Å². The van der Waals surface area contributed by atoms with E-state index in [2.05, 4.69) is 10.6 Å². The van der Waals surface area contributed by atoms with Crippen LogP contribution in [-0.2, 0) is 21.4 Å². The Morgan fingerprint density at radius 3 is 2.50 bits per heavy atom. The van der Waals surface area contributed by atoms with Crippen LogP contribution < -0.4 is 15.8 Å². The molecule has 9 heteroatoms. The third kappa shape index (κ3) is 5.60. The third-order valence-electron chi connectivity index (χ3n) is 3.25. The predicted molar refractivity (Wildman–Crippen MR) is 98.4 cm³/mol. The van der Waals surface area contributed by atoms with E-state index >= 15 is 0 Å². The van der Waals surface area contributed by atoms with Gasteiger partial charge in [0.2, 0.25) is 10.0 Å². The lowest BCUT2D eigenvalue weighted by molar-refractivity contribution is -0.112. The summed E-state index contributed by atoms with van der Waals surface area (Å²) in [5.74, 6) is -0.577. The van der Waals surface area contributed by atoms with Gasteiger partial charge in [-0.15, -0.1) is 0 Å². The van der Waals surface area contributed by atoms with Gasteiger partial charge in [-0.1, -0.05) is 29.8 Å².